The maximum absolute atomic E-state index is 13.4. The van der Waals surface area contributed by atoms with Gasteiger partial charge in [-0.25, -0.2) is 4.79 Å². The fourth-order valence-electron chi connectivity index (χ4n) is 4.01. The van der Waals surface area contributed by atoms with Crippen molar-refractivity contribution < 1.29 is 28.5 Å². The summed E-state index contributed by atoms with van der Waals surface area (Å²) in [5.74, 6) is 1.65. The summed E-state index contributed by atoms with van der Waals surface area (Å²) in [6.45, 7) is 5.85. The van der Waals surface area contributed by atoms with E-state index in [0.717, 1.165) is 6.54 Å². The fourth-order valence-corrected chi connectivity index (χ4v) is 4.01. The number of hydrogen-bond acceptors (Lipinski definition) is 7. The minimum Gasteiger partial charge on any atom is -0.491 e. The zero-order valence-electron chi connectivity index (χ0n) is 20.4. The average molecular weight is 485 g/mol. The minimum atomic E-state index is -0.454. The van der Waals surface area contributed by atoms with Crippen LogP contribution in [0.1, 0.15) is 24.2 Å². The summed E-state index contributed by atoms with van der Waals surface area (Å²) in [5, 5.41) is 9.00. The Hall–Kier alpha value is -3.50. The van der Waals surface area contributed by atoms with Gasteiger partial charge in [0.1, 0.15) is 12.4 Å². The van der Waals surface area contributed by atoms with E-state index in [1.165, 1.54) is 0 Å². The Kier molecular flexibility index (Phi) is 7.62. The van der Waals surface area contributed by atoms with Gasteiger partial charge in [0.15, 0.2) is 11.5 Å². The summed E-state index contributed by atoms with van der Waals surface area (Å²) in [6.07, 6.45) is -0.124. The van der Waals surface area contributed by atoms with Gasteiger partial charge in [-0.15, -0.1) is 0 Å². The molecule has 2 aromatic carbocycles. The zero-order chi connectivity index (χ0) is 24.9. The van der Waals surface area contributed by atoms with Gasteiger partial charge in [-0.1, -0.05) is 6.92 Å². The zero-order valence-corrected chi connectivity index (χ0v) is 20.4. The van der Waals surface area contributed by atoms with Gasteiger partial charge < -0.3 is 39.8 Å². The average Bonchev–Trinajstić information content (AvgIpc) is 3.31. The Morgan fingerprint density at radius 3 is 2.46 bits per heavy atom. The van der Waals surface area contributed by atoms with Gasteiger partial charge in [0.2, 0.25) is 6.79 Å². The van der Waals surface area contributed by atoms with Crippen molar-refractivity contribution in [3.8, 4) is 17.2 Å². The standard InChI is InChI=1S/C25H32N4O6/c1-15-11-26-16(2)13-33-20-7-5-17(9-19(20)24(30)29(3)12-23(15)32-4)27-25(31)28-18-6-8-21-22(10-18)35-14-34-21/h5-10,15-16,23,26H,11-14H2,1-4H3,(H2,27,28,31)/t15-,16+,23+/m1/s1. The molecule has 2 heterocycles. The van der Waals surface area contributed by atoms with Crippen molar-refractivity contribution in [2.75, 3.05) is 51.3 Å². The van der Waals surface area contributed by atoms with Crippen LogP contribution >= 0.6 is 0 Å². The highest BCUT2D eigenvalue weighted by Gasteiger charge is 2.26. The van der Waals surface area contributed by atoms with Crippen LogP contribution in [0.5, 0.6) is 17.2 Å². The van der Waals surface area contributed by atoms with E-state index in [1.54, 1.807) is 55.5 Å². The van der Waals surface area contributed by atoms with Gasteiger partial charge in [-0.05, 0) is 43.2 Å². The molecule has 2 aromatic rings. The Balaban J connectivity index is 1.52. The summed E-state index contributed by atoms with van der Waals surface area (Å²) in [7, 11) is 3.39. The summed E-state index contributed by atoms with van der Waals surface area (Å²) < 4.78 is 22.3. The molecular weight excluding hydrogens is 452 g/mol. The molecule has 0 radical (unpaired) electrons. The Morgan fingerprint density at radius 2 is 1.71 bits per heavy atom. The second-order valence-electron chi connectivity index (χ2n) is 8.92. The lowest BCUT2D eigenvalue weighted by Gasteiger charge is -2.30. The van der Waals surface area contributed by atoms with Gasteiger partial charge in [-0.3, -0.25) is 4.79 Å². The Morgan fingerprint density at radius 1 is 1.03 bits per heavy atom. The summed E-state index contributed by atoms with van der Waals surface area (Å²) >= 11 is 0. The molecule has 188 valence electrons. The number of hydrogen-bond donors (Lipinski definition) is 3. The topological polar surface area (TPSA) is 110 Å². The number of rotatable bonds is 3. The van der Waals surface area contributed by atoms with E-state index in [1.807, 2.05) is 6.92 Å². The predicted octanol–water partition coefficient (Wildman–Crippen LogP) is 3.15. The first-order valence-electron chi connectivity index (χ1n) is 11.6. The van der Waals surface area contributed by atoms with Gasteiger partial charge in [-0.2, -0.15) is 0 Å². The first-order chi connectivity index (χ1) is 16.8. The van der Waals surface area contributed by atoms with Crippen LogP contribution in [0.3, 0.4) is 0 Å². The molecule has 0 aromatic heterocycles. The number of nitrogens with one attached hydrogen (secondary N) is 3. The number of nitrogens with zero attached hydrogens (tertiary/aromatic N) is 1. The quantitative estimate of drug-likeness (QED) is 0.614. The van der Waals surface area contributed by atoms with Crippen molar-refractivity contribution in [3.63, 3.8) is 0 Å². The van der Waals surface area contributed by atoms with E-state index in [9.17, 15) is 9.59 Å². The summed E-state index contributed by atoms with van der Waals surface area (Å²) in [6, 6.07) is 9.81. The third-order valence-corrected chi connectivity index (χ3v) is 6.11. The van der Waals surface area contributed by atoms with Crippen LogP contribution in [0.15, 0.2) is 36.4 Å². The van der Waals surface area contributed by atoms with Crippen LogP contribution < -0.4 is 30.2 Å². The molecule has 35 heavy (non-hydrogen) atoms. The second kappa shape index (κ2) is 10.8. The fraction of sp³-hybridized carbons (Fsp3) is 0.440. The monoisotopic (exact) mass is 484 g/mol. The SMILES string of the molecule is CO[C@H]1CN(C)C(=O)c2cc(NC(=O)Nc3ccc4c(c3)OCO4)ccc2OC[C@H](C)NC[C@H]1C. The van der Waals surface area contributed by atoms with E-state index < -0.39 is 6.03 Å². The largest absolute Gasteiger partial charge is 0.491 e. The number of fused-ring (bicyclic) bond motifs is 2. The number of amides is 3. The smallest absolute Gasteiger partial charge is 0.323 e. The highest BCUT2D eigenvalue weighted by atomic mass is 16.7. The molecule has 2 aliphatic rings. The number of urea groups is 1. The maximum atomic E-state index is 13.4. The van der Waals surface area contributed by atoms with Gasteiger partial charge in [0.05, 0.1) is 11.7 Å². The molecule has 4 rings (SSSR count). The van der Waals surface area contributed by atoms with Crippen LogP contribution in [0, 0.1) is 5.92 Å². The van der Waals surface area contributed by atoms with Gasteiger partial charge in [0, 0.05) is 50.7 Å². The third kappa shape index (κ3) is 5.95. The molecule has 3 atom stereocenters. The van der Waals surface area contributed by atoms with E-state index in [4.69, 9.17) is 18.9 Å². The molecule has 3 amide bonds. The van der Waals surface area contributed by atoms with Gasteiger partial charge >= 0.3 is 6.03 Å². The molecule has 0 fully saturated rings. The van der Waals surface area contributed by atoms with Crippen LogP contribution in [0.2, 0.25) is 0 Å². The Labute approximate surface area is 204 Å². The minimum absolute atomic E-state index is 0.0837. The highest BCUT2D eigenvalue weighted by Crippen LogP contribution is 2.34. The summed E-state index contributed by atoms with van der Waals surface area (Å²) in [5.41, 5.74) is 1.38. The number of methoxy groups -OCH3 is 1. The molecule has 0 unspecified atom stereocenters. The number of anilines is 2. The molecule has 10 heteroatoms. The molecule has 0 bridgehead atoms. The predicted molar refractivity (Wildman–Crippen MR) is 132 cm³/mol. The molecule has 3 N–H and O–H groups in total. The van der Waals surface area contributed by atoms with E-state index in [2.05, 4.69) is 22.9 Å². The van der Waals surface area contributed by atoms with E-state index in [0.29, 0.717) is 47.3 Å². The van der Waals surface area contributed by atoms with E-state index in [-0.39, 0.29) is 30.8 Å². The lowest BCUT2D eigenvalue weighted by atomic mass is 10.0. The number of benzene rings is 2. The molecule has 2 aliphatic heterocycles. The van der Waals surface area contributed by atoms with Crippen molar-refractivity contribution in [1.29, 1.82) is 0 Å². The van der Waals surface area contributed by atoms with Crippen molar-refractivity contribution >= 4 is 23.3 Å². The summed E-state index contributed by atoms with van der Waals surface area (Å²) in [4.78, 5) is 27.6. The van der Waals surface area contributed by atoms with Crippen molar-refractivity contribution in [1.82, 2.24) is 10.2 Å². The number of likely N-dealkylation sites (N-methyl/N-ethyl adjacent to an activating group) is 1. The maximum Gasteiger partial charge on any atom is 0.323 e. The lowest BCUT2D eigenvalue weighted by Crippen LogP contribution is -2.44. The van der Waals surface area contributed by atoms with Crippen molar-refractivity contribution in [2.45, 2.75) is 26.0 Å². The van der Waals surface area contributed by atoms with E-state index >= 15 is 0 Å². The molecule has 0 saturated carbocycles. The Bertz CT molecular complexity index is 1080. The van der Waals surface area contributed by atoms with Gasteiger partial charge in [0.25, 0.3) is 5.91 Å². The van der Waals surface area contributed by atoms with Crippen molar-refractivity contribution in [2.24, 2.45) is 5.92 Å². The lowest BCUT2D eigenvalue weighted by molar-refractivity contribution is 0.0281. The molecule has 0 aliphatic carbocycles. The molecular formula is C25H32N4O6. The highest BCUT2D eigenvalue weighted by molar-refractivity contribution is 6.02. The number of carbonyl (C=O) groups excluding carboxylic acids is 2. The molecule has 0 spiro atoms. The van der Waals surface area contributed by atoms with Crippen LogP contribution in [0.25, 0.3) is 0 Å². The first-order valence-corrected chi connectivity index (χ1v) is 11.6. The van der Waals surface area contributed by atoms with Crippen molar-refractivity contribution in [3.05, 3.63) is 42.0 Å². The first kappa shape index (κ1) is 24.6. The van der Waals surface area contributed by atoms with Crippen LogP contribution in [0.4, 0.5) is 16.2 Å². The number of ether oxygens (including phenoxy) is 4. The third-order valence-electron chi connectivity index (χ3n) is 6.11. The van der Waals surface area contributed by atoms with Crippen LogP contribution in [-0.2, 0) is 4.74 Å². The molecule has 0 saturated heterocycles. The second-order valence-corrected chi connectivity index (χ2v) is 8.92. The number of carbonyl (C=O) groups is 2. The van der Waals surface area contributed by atoms with Crippen LogP contribution in [-0.4, -0.2) is 69.6 Å². The normalized spacial score (nSPS) is 22.3. The molecule has 10 nitrogen and oxygen atoms in total.